The Labute approximate surface area is 163 Å². The molecule has 0 atom stereocenters. The molecule has 1 fully saturated rings. The summed E-state index contributed by atoms with van der Waals surface area (Å²) in [6.45, 7) is 2.86. The van der Waals surface area contributed by atoms with Gasteiger partial charge in [-0.25, -0.2) is 9.78 Å². The maximum absolute atomic E-state index is 12.3. The molecule has 0 unspecified atom stereocenters. The average Bonchev–Trinajstić information content (AvgIpc) is 2.72. The Morgan fingerprint density at radius 2 is 1.74 bits per heavy atom. The van der Waals surface area contributed by atoms with Gasteiger partial charge in [0.25, 0.3) is 0 Å². The van der Waals surface area contributed by atoms with Crippen molar-refractivity contribution in [1.82, 2.24) is 20.5 Å². The second kappa shape index (κ2) is 9.23. The molecule has 8 heteroatoms. The van der Waals surface area contributed by atoms with E-state index in [4.69, 9.17) is 11.6 Å². The summed E-state index contributed by atoms with van der Waals surface area (Å²) in [5, 5.41) is 6.02. The number of pyridine rings is 1. The van der Waals surface area contributed by atoms with Crippen molar-refractivity contribution in [1.29, 1.82) is 0 Å². The van der Waals surface area contributed by atoms with Gasteiger partial charge in [-0.2, -0.15) is 0 Å². The number of nitrogens with one attached hydrogen (secondary N) is 2. The standard InChI is InChI=1S/C19H22ClN5O2/c20-16-6-2-1-5-15(16)13-22-18(26)14-23-19(27)25-11-9-24(10-12-25)17-7-3-4-8-21-17/h1-8H,9-14H2,(H,22,26)(H,23,27). The highest BCUT2D eigenvalue weighted by atomic mass is 35.5. The van der Waals surface area contributed by atoms with Crippen LogP contribution in [0.5, 0.6) is 0 Å². The van der Waals surface area contributed by atoms with Crippen molar-refractivity contribution in [3.05, 3.63) is 59.2 Å². The molecule has 0 aliphatic carbocycles. The third kappa shape index (κ3) is 5.34. The number of nitrogens with zero attached hydrogens (tertiary/aromatic N) is 3. The van der Waals surface area contributed by atoms with Crippen molar-refractivity contribution >= 4 is 29.4 Å². The van der Waals surface area contributed by atoms with Crippen LogP contribution in [0.1, 0.15) is 5.56 Å². The number of carbonyl (C=O) groups is 2. The molecule has 1 saturated heterocycles. The number of urea groups is 1. The first-order chi connectivity index (χ1) is 13.1. The predicted octanol–water partition coefficient (Wildman–Crippen LogP) is 1.88. The highest BCUT2D eigenvalue weighted by Crippen LogP contribution is 2.14. The third-order valence-electron chi connectivity index (χ3n) is 4.37. The van der Waals surface area contributed by atoms with Crippen LogP contribution in [0.15, 0.2) is 48.7 Å². The fourth-order valence-electron chi connectivity index (χ4n) is 2.85. The third-order valence-corrected chi connectivity index (χ3v) is 4.74. The molecule has 2 aromatic rings. The number of hydrogen-bond donors (Lipinski definition) is 2. The van der Waals surface area contributed by atoms with Gasteiger partial charge in [-0.05, 0) is 23.8 Å². The molecule has 1 aliphatic heterocycles. The number of piperazine rings is 1. The van der Waals surface area contributed by atoms with Crippen molar-refractivity contribution in [2.45, 2.75) is 6.54 Å². The van der Waals surface area contributed by atoms with Gasteiger partial charge in [-0.1, -0.05) is 35.9 Å². The smallest absolute Gasteiger partial charge is 0.317 e. The van der Waals surface area contributed by atoms with Gasteiger partial charge in [0.15, 0.2) is 0 Å². The fourth-order valence-corrected chi connectivity index (χ4v) is 3.05. The number of amides is 3. The number of carbonyl (C=O) groups excluding carboxylic acids is 2. The minimum absolute atomic E-state index is 0.0657. The lowest BCUT2D eigenvalue weighted by atomic mass is 10.2. The number of halogens is 1. The van der Waals surface area contributed by atoms with Gasteiger partial charge in [-0.3, -0.25) is 4.79 Å². The van der Waals surface area contributed by atoms with Gasteiger partial charge in [0.1, 0.15) is 5.82 Å². The van der Waals surface area contributed by atoms with Crippen molar-refractivity contribution in [2.75, 3.05) is 37.6 Å². The van der Waals surface area contributed by atoms with E-state index in [-0.39, 0.29) is 18.5 Å². The summed E-state index contributed by atoms with van der Waals surface area (Å²) in [5.41, 5.74) is 0.837. The minimum atomic E-state index is -0.254. The van der Waals surface area contributed by atoms with E-state index in [2.05, 4.69) is 20.5 Å². The largest absolute Gasteiger partial charge is 0.353 e. The minimum Gasteiger partial charge on any atom is -0.353 e. The van der Waals surface area contributed by atoms with Gasteiger partial charge < -0.3 is 20.4 Å². The highest BCUT2D eigenvalue weighted by Gasteiger charge is 2.21. The van der Waals surface area contributed by atoms with Crippen LogP contribution in [0.2, 0.25) is 5.02 Å². The van der Waals surface area contributed by atoms with Crippen LogP contribution in [0.25, 0.3) is 0 Å². The summed E-state index contributed by atoms with van der Waals surface area (Å²) in [4.78, 5) is 32.4. The second-order valence-electron chi connectivity index (χ2n) is 6.19. The molecule has 0 radical (unpaired) electrons. The van der Waals surface area contributed by atoms with Crippen molar-refractivity contribution < 1.29 is 9.59 Å². The Morgan fingerprint density at radius 1 is 1.00 bits per heavy atom. The number of hydrogen-bond acceptors (Lipinski definition) is 4. The van der Waals surface area contributed by atoms with Crippen molar-refractivity contribution in [3.63, 3.8) is 0 Å². The van der Waals surface area contributed by atoms with E-state index in [9.17, 15) is 9.59 Å². The Kier molecular flexibility index (Phi) is 6.49. The summed E-state index contributed by atoms with van der Waals surface area (Å²) >= 11 is 6.06. The van der Waals surface area contributed by atoms with E-state index >= 15 is 0 Å². The van der Waals surface area contributed by atoms with Crippen LogP contribution in [-0.4, -0.2) is 54.5 Å². The Balaban J connectivity index is 1.38. The molecule has 0 saturated carbocycles. The first-order valence-corrected chi connectivity index (χ1v) is 9.20. The average molecular weight is 388 g/mol. The summed E-state index contributed by atoms with van der Waals surface area (Å²) in [7, 11) is 0. The first kappa shape index (κ1) is 19.0. The fraction of sp³-hybridized carbons (Fsp3) is 0.316. The van der Waals surface area contributed by atoms with E-state index in [0.717, 1.165) is 11.4 Å². The molecule has 7 nitrogen and oxygen atoms in total. The van der Waals surface area contributed by atoms with Crippen molar-refractivity contribution in [3.8, 4) is 0 Å². The molecule has 1 aromatic carbocycles. The Hall–Kier alpha value is -2.80. The number of benzene rings is 1. The van der Waals surface area contributed by atoms with Crippen molar-refractivity contribution in [2.24, 2.45) is 0 Å². The van der Waals surface area contributed by atoms with E-state index in [0.29, 0.717) is 37.7 Å². The van der Waals surface area contributed by atoms with Crippen LogP contribution < -0.4 is 15.5 Å². The second-order valence-corrected chi connectivity index (χ2v) is 6.60. The number of rotatable bonds is 5. The normalized spacial score (nSPS) is 14.0. The topological polar surface area (TPSA) is 77.6 Å². The van der Waals surface area contributed by atoms with Gasteiger partial charge in [-0.15, -0.1) is 0 Å². The lowest BCUT2D eigenvalue weighted by molar-refractivity contribution is -0.120. The Morgan fingerprint density at radius 3 is 2.44 bits per heavy atom. The van der Waals surface area contributed by atoms with E-state index in [1.165, 1.54) is 0 Å². The first-order valence-electron chi connectivity index (χ1n) is 8.82. The molecule has 2 N–H and O–H groups in total. The summed E-state index contributed by atoms with van der Waals surface area (Å²) < 4.78 is 0. The Bertz CT molecular complexity index is 779. The maximum atomic E-state index is 12.3. The SMILES string of the molecule is O=C(CNC(=O)N1CCN(c2ccccn2)CC1)NCc1ccccc1Cl. The summed E-state index contributed by atoms with van der Waals surface area (Å²) in [6.07, 6.45) is 1.76. The molecule has 1 aromatic heterocycles. The number of aromatic nitrogens is 1. The zero-order valence-corrected chi connectivity index (χ0v) is 15.7. The highest BCUT2D eigenvalue weighted by molar-refractivity contribution is 6.31. The number of anilines is 1. The van der Waals surface area contributed by atoms with Gasteiger partial charge in [0.2, 0.25) is 5.91 Å². The quantitative estimate of drug-likeness (QED) is 0.821. The molecule has 0 bridgehead atoms. The zero-order valence-electron chi connectivity index (χ0n) is 14.9. The molecule has 0 spiro atoms. The monoisotopic (exact) mass is 387 g/mol. The van der Waals surface area contributed by atoms with Gasteiger partial charge in [0, 0.05) is 43.9 Å². The molecule has 3 amide bonds. The predicted molar refractivity (Wildman–Crippen MR) is 105 cm³/mol. The van der Waals surface area contributed by atoms with Gasteiger partial charge >= 0.3 is 6.03 Å². The molecule has 142 valence electrons. The molecule has 3 rings (SSSR count). The summed E-state index contributed by atoms with van der Waals surface area (Å²) in [5.74, 6) is 0.659. The van der Waals surface area contributed by atoms with Crippen LogP contribution in [0, 0.1) is 0 Å². The van der Waals surface area contributed by atoms with Crippen LogP contribution in [0.3, 0.4) is 0 Å². The van der Waals surface area contributed by atoms with Crippen LogP contribution in [-0.2, 0) is 11.3 Å². The lowest BCUT2D eigenvalue weighted by Gasteiger charge is -2.35. The zero-order chi connectivity index (χ0) is 19.1. The van der Waals surface area contributed by atoms with E-state index < -0.39 is 0 Å². The molecular formula is C19H22ClN5O2. The van der Waals surface area contributed by atoms with Gasteiger partial charge in [0.05, 0.1) is 6.54 Å². The molecule has 2 heterocycles. The lowest BCUT2D eigenvalue weighted by Crippen LogP contribution is -2.53. The molecule has 27 heavy (non-hydrogen) atoms. The van der Waals surface area contributed by atoms with Crippen LogP contribution >= 0.6 is 11.6 Å². The molecule has 1 aliphatic rings. The van der Waals surface area contributed by atoms with E-state index in [1.54, 1.807) is 17.2 Å². The summed E-state index contributed by atoms with van der Waals surface area (Å²) in [6, 6.07) is 12.9. The molecular weight excluding hydrogens is 366 g/mol. The van der Waals surface area contributed by atoms with Crippen LogP contribution in [0.4, 0.5) is 10.6 Å². The van der Waals surface area contributed by atoms with E-state index in [1.807, 2.05) is 36.4 Å². The maximum Gasteiger partial charge on any atom is 0.317 e.